The molecule has 170 valence electrons. The summed E-state index contributed by atoms with van der Waals surface area (Å²) in [5, 5.41) is 3.05. The first kappa shape index (κ1) is 24.7. The van der Waals surface area contributed by atoms with Crippen molar-refractivity contribution >= 4 is 15.8 Å². The van der Waals surface area contributed by atoms with Gasteiger partial charge in [-0.15, -0.1) is 0 Å². The normalized spacial score (nSPS) is 13.1. The molecule has 0 saturated carbocycles. The fraction of sp³-hybridized carbons (Fsp3) is 0.409. The smallest absolute Gasteiger partial charge is 0.437 e. The van der Waals surface area contributed by atoms with Crippen molar-refractivity contribution in [1.82, 2.24) is 0 Å². The lowest BCUT2D eigenvalue weighted by Gasteiger charge is -2.21. The molecule has 0 unspecified atom stereocenters. The number of rotatable bonds is 7. The van der Waals surface area contributed by atoms with Gasteiger partial charge in [0.15, 0.2) is 5.71 Å². The summed E-state index contributed by atoms with van der Waals surface area (Å²) >= 11 is 0. The highest BCUT2D eigenvalue weighted by Gasteiger charge is 2.39. The topological polar surface area (TPSA) is 65.0 Å². The number of hydrogen-bond donors (Lipinski definition) is 0. The first-order valence-electron chi connectivity index (χ1n) is 9.65. The van der Waals surface area contributed by atoms with Gasteiger partial charge in [0.05, 0.1) is 7.11 Å². The minimum atomic E-state index is -4.94. The predicted octanol–water partition coefficient (Wildman–Crippen LogP) is 5.92. The van der Waals surface area contributed by atoms with Crippen LogP contribution in [-0.2, 0) is 14.4 Å². The highest BCUT2D eigenvalue weighted by atomic mass is 32.2. The van der Waals surface area contributed by atoms with E-state index < -0.39 is 22.0 Å². The minimum absolute atomic E-state index is 0.140. The molecule has 0 aliphatic heterocycles. The van der Waals surface area contributed by atoms with Crippen LogP contribution < -0.4 is 4.74 Å². The van der Waals surface area contributed by atoms with E-state index in [1.54, 1.807) is 6.92 Å². The molecule has 0 N–H and O–H groups in total. The molecule has 0 bridgehead atoms. The van der Waals surface area contributed by atoms with Gasteiger partial charge < -0.3 is 4.74 Å². The Morgan fingerprint density at radius 1 is 0.968 bits per heavy atom. The lowest BCUT2D eigenvalue weighted by molar-refractivity contribution is -0.0597. The molecule has 0 aromatic heterocycles. The van der Waals surface area contributed by atoms with Crippen LogP contribution in [0.15, 0.2) is 46.4 Å². The zero-order valence-corrected chi connectivity index (χ0v) is 19.1. The van der Waals surface area contributed by atoms with Crippen molar-refractivity contribution < 1.29 is 30.6 Å². The monoisotopic (exact) mass is 457 g/mol. The maximum atomic E-state index is 13.8. The van der Waals surface area contributed by atoms with Crippen LogP contribution in [0.2, 0.25) is 0 Å². The molecule has 0 atom stereocenters. The van der Waals surface area contributed by atoms with Crippen LogP contribution in [0.3, 0.4) is 0 Å². The van der Waals surface area contributed by atoms with E-state index in [1.807, 2.05) is 27.7 Å². The third-order valence-corrected chi connectivity index (χ3v) is 5.79. The summed E-state index contributed by atoms with van der Waals surface area (Å²) in [6, 6.07) is 8.13. The largest absolute Gasteiger partial charge is 0.496 e. The Labute approximate surface area is 181 Å². The van der Waals surface area contributed by atoms with Gasteiger partial charge in [0.2, 0.25) is 0 Å². The van der Waals surface area contributed by atoms with E-state index >= 15 is 0 Å². The zero-order valence-electron chi connectivity index (χ0n) is 18.2. The molecule has 0 amide bonds. The van der Waals surface area contributed by atoms with Gasteiger partial charge in [0.25, 0.3) is 0 Å². The van der Waals surface area contributed by atoms with Crippen molar-refractivity contribution in [2.24, 2.45) is 5.16 Å². The van der Waals surface area contributed by atoms with Gasteiger partial charge in [-0.25, -0.2) is 0 Å². The lowest BCUT2D eigenvalue weighted by atomic mass is 9.90. The number of nitrogens with zero attached hydrogens (tertiary/aromatic N) is 1. The Hall–Kier alpha value is -2.55. The maximum Gasteiger partial charge on any atom is 0.437 e. The molecule has 2 aromatic rings. The minimum Gasteiger partial charge on any atom is -0.496 e. The van der Waals surface area contributed by atoms with E-state index in [1.165, 1.54) is 43.5 Å². The summed E-state index contributed by atoms with van der Waals surface area (Å²) in [4.78, 5) is -0.288. The second kappa shape index (κ2) is 9.30. The van der Waals surface area contributed by atoms with E-state index in [0.29, 0.717) is 16.9 Å². The number of alkyl halides is 3. The predicted molar refractivity (Wildman–Crippen MR) is 113 cm³/mol. The molecule has 0 heterocycles. The fourth-order valence-corrected chi connectivity index (χ4v) is 3.74. The summed E-state index contributed by atoms with van der Waals surface area (Å²) in [5.41, 5.74) is 0.178. The van der Waals surface area contributed by atoms with Crippen LogP contribution in [0.1, 0.15) is 61.8 Å². The van der Waals surface area contributed by atoms with Crippen LogP contribution in [0.5, 0.6) is 5.75 Å². The van der Waals surface area contributed by atoms with E-state index in [0.717, 1.165) is 5.56 Å². The van der Waals surface area contributed by atoms with Crippen molar-refractivity contribution in [2.45, 2.75) is 57.5 Å². The maximum absolute atomic E-state index is 13.8. The third kappa shape index (κ3) is 5.78. The van der Waals surface area contributed by atoms with Gasteiger partial charge in [-0.1, -0.05) is 50.5 Å². The number of halogens is 3. The zero-order chi connectivity index (χ0) is 23.6. The van der Waals surface area contributed by atoms with Gasteiger partial charge >= 0.3 is 16.3 Å². The van der Waals surface area contributed by atoms with Crippen molar-refractivity contribution in [2.75, 3.05) is 7.11 Å². The summed E-state index contributed by atoms with van der Waals surface area (Å²) in [5.74, 6) is 0.224. The van der Waals surface area contributed by atoms with Gasteiger partial charge in [-0.2, -0.15) is 21.6 Å². The second-order valence-corrected chi connectivity index (χ2v) is 9.31. The fourth-order valence-electron chi connectivity index (χ4n) is 3.01. The highest BCUT2D eigenvalue weighted by molar-refractivity contribution is 7.86. The molecule has 0 aliphatic rings. The van der Waals surface area contributed by atoms with Gasteiger partial charge in [-0.05, 0) is 54.2 Å². The summed E-state index contributed by atoms with van der Waals surface area (Å²) in [6.07, 6.45) is -4.94. The van der Waals surface area contributed by atoms with E-state index in [4.69, 9.17) is 4.74 Å². The molecule has 31 heavy (non-hydrogen) atoms. The molecule has 0 radical (unpaired) electrons. The van der Waals surface area contributed by atoms with Crippen LogP contribution in [0.25, 0.3) is 0 Å². The first-order valence-corrected chi connectivity index (χ1v) is 11.1. The van der Waals surface area contributed by atoms with Crippen LogP contribution in [-0.4, -0.2) is 27.4 Å². The lowest BCUT2D eigenvalue weighted by Crippen LogP contribution is -2.25. The summed E-state index contributed by atoms with van der Waals surface area (Å²) in [6.45, 7) is 9.06. The first-order chi connectivity index (χ1) is 14.3. The molecule has 5 nitrogen and oxygen atoms in total. The standard InChI is InChI=1S/C22H26F3NO4S/c1-13(2)18-11-16(12-19(14(3)4)20(18)29-6)21(22(23,24)25)26-30-31(27,28)17-9-7-15(5)8-10-17/h7-14H,1-6H3/b26-21+. The third-order valence-electron chi connectivity index (χ3n) is 4.67. The summed E-state index contributed by atoms with van der Waals surface area (Å²) < 4.78 is 76.1. The van der Waals surface area contributed by atoms with Crippen LogP contribution in [0, 0.1) is 6.92 Å². The van der Waals surface area contributed by atoms with E-state index in [-0.39, 0.29) is 22.3 Å². The number of hydrogen-bond acceptors (Lipinski definition) is 5. The average Bonchev–Trinajstić information content (AvgIpc) is 2.66. The van der Waals surface area contributed by atoms with Crippen molar-refractivity contribution in [1.29, 1.82) is 0 Å². The Morgan fingerprint density at radius 3 is 1.84 bits per heavy atom. The number of aryl methyl sites for hydroxylation is 1. The number of oxime groups is 1. The molecule has 0 aliphatic carbocycles. The molecular weight excluding hydrogens is 431 g/mol. The second-order valence-electron chi connectivity index (χ2n) is 7.78. The van der Waals surface area contributed by atoms with Crippen LogP contribution in [0.4, 0.5) is 13.2 Å². The number of ether oxygens (including phenoxy) is 1. The summed E-state index contributed by atoms with van der Waals surface area (Å²) in [7, 11) is -3.06. The Kier molecular flexibility index (Phi) is 7.41. The van der Waals surface area contributed by atoms with Gasteiger partial charge in [-0.3, -0.25) is 4.28 Å². The Balaban J connectivity index is 2.63. The molecule has 0 spiro atoms. The molecule has 2 aromatic carbocycles. The number of benzene rings is 2. The van der Waals surface area contributed by atoms with Crippen molar-refractivity contribution in [3.05, 3.63) is 58.7 Å². The van der Waals surface area contributed by atoms with E-state index in [2.05, 4.69) is 9.44 Å². The van der Waals surface area contributed by atoms with Crippen LogP contribution >= 0.6 is 0 Å². The molecule has 9 heteroatoms. The molecular formula is C22H26F3NO4S. The molecule has 0 fully saturated rings. The van der Waals surface area contributed by atoms with Crippen molar-refractivity contribution in [3.8, 4) is 5.75 Å². The number of methoxy groups -OCH3 is 1. The van der Waals surface area contributed by atoms with Crippen molar-refractivity contribution in [3.63, 3.8) is 0 Å². The average molecular weight is 458 g/mol. The molecule has 2 rings (SSSR count). The Morgan fingerprint density at radius 2 is 1.45 bits per heavy atom. The highest BCUT2D eigenvalue weighted by Crippen LogP contribution is 2.37. The quantitative estimate of drug-likeness (QED) is 0.382. The Bertz CT molecular complexity index is 1030. The van der Waals surface area contributed by atoms with Gasteiger partial charge in [0.1, 0.15) is 10.6 Å². The molecule has 0 saturated heterocycles. The SMILES string of the molecule is COc1c(C(C)C)cc(/C(=N\OS(=O)(=O)c2ccc(C)cc2)C(F)(F)F)cc1C(C)C. The van der Waals surface area contributed by atoms with Gasteiger partial charge in [0, 0.05) is 5.56 Å². The van der Waals surface area contributed by atoms with E-state index in [9.17, 15) is 21.6 Å².